The Labute approximate surface area is 139 Å². The fourth-order valence-corrected chi connectivity index (χ4v) is 2.41. The highest BCUT2D eigenvalue weighted by molar-refractivity contribution is 5.95. The van der Waals surface area contributed by atoms with Crippen LogP contribution in [0.2, 0.25) is 0 Å². The Balaban J connectivity index is 1.86. The molecule has 122 valence electrons. The number of anilines is 2. The van der Waals surface area contributed by atoms with E-state index in [1.165, 1.54) is 13.3 Å². The van der Waals surface area contributed by atoms with E-state index in [0.717, 1.165) is 27.9 Å². The summed E-state index contributed by atoms with van der Waals surface area (Å²) < 4.78 is 5.42. The molecule has 2 N–H and O–H groups in total. The molecule has 0 saturated heterocycles. The van der Waals surface area contributed by atoms with E-state index in [-0.39, 0.29) is 5.91 Å². The third-order valence-corrected chi connectivity index (χ3v) is 3.60. The average molecular weight is 322 g/mol. The Morgan fingerprint density at radius 3 is 2.62 bits per heavy atom. The molecule has 0 bridgehead atoms. The molecule has 1 aromatic heterocycles. The Bertz CT molecular complexity index is 857. The van der Waals surface area contributed by atoms with Crippen molar-refractivity contribution in [2.75, 3.05) is 12.4 Å². The van der Waals surface area contributed by atoms with Crippen LogP contribution in [0.3, 0.4) is 0 Å². The average Bonchev–Trinajstić information content (AvgIpc) is 2.60. The number of carbonyl (C=O) groups is 1. The van der Waals surface area contributed by atoms with Crippen LogP contribution >= 0.6 is 0 Å². The van der Waals surface area contributed by atoms with Gasteiger partial charge in [0.1, 0.15) is 17.9 Å². The Morgan fingerprint density at radius 2 is 1.92 bits per heavy atom. The molecule has 0 fully saturated rings. The zero-order chi connectivity index (χ0) is 16.9. The smallest absolute Gasteiger partial charge is 0.217 e. The van der Waals surface area contributed by atoms with Crippen molar-refractivity contribution < 1.29 is 9.53 Å². The lowest BCUT2D eigenvalue weighted by molar-refractivity contribution is -0.119. The number of benzene rings is 2. The number of nitrogens with zero attached hydrogens (tertiary/aromatic N) is 2. The predicted molar refractivity (Wildman–Crippen MR) is 93.3 cm³/mol. The molecule has 2 aromatic carbocycles. The van der Waals surface area contributed by atoms with Gasteiger partial charge in [0.15, 0.2) is 0 Å². The molecular weight excluding hydrogens is 304 g/mol. The Hall–Kier alpha value is -3.15. The summed E-state index contributed by atoms with van der Waals surface area (Å²) in [7, 11) is 1.63. The third-order valence-electron chi connectivity index (χ3n) is 3.60. The second-order valence-electron chi connectivity index (χ2n) is 5.31. The number of amides is 1. The van der Waals surface area contributed by atoms with Crippen LogP contribution in [-0.2, 0) is 11.3 Å². The van der Waals surface area contributed by atoms with Crippen LogP contribution in [0.4, 0.5) is 11.5 Å². The molecule has 0 aliphatic carbocycles. The predicted octanol–water partition coefficient (Wildman–Crippen LogP) is 3.02. The molecule has 1 heterocycles. The molecule has 3 rings (SSSR count). The molecular formula is C18H18N4O2. The fraction of sp³-hybridized carbons (Fsp3) is 0.167. The second-order valence-corrected chi connectivity index (χ2v) is 5.31. The number of carbonyl (C=O) groups excluding carboxylic acids is 1. The van der Waals surface area contributed by atoms with Crippen LogP contribution in [0.25, 0.3) is 10.9 Å². The molecule has 0 unspecified atom stereocenters. The van der Waals surface area contributed by atoms with E-state index in [1.54, 1.807) is 7.11 Å². The van der Waals surface area contributed by atoms with E-state index in [0.29, 0.717) is 12.4 Å². The van der Waals surface area contributed by atoms with Gasteiger partial charge in [-0.25, -0.2) is 9.97 Å². The maximum absolute atomic E-state index is 11.0. The molecule has 0 aliphatic heterocycles. The maximum atomic E-state index is 11.0. The van der Waals surface area contributed by atoms with Crippen LogP contribution in [0.1, 0.15) is 12.5 Å². The number of hydrogen-bond donors (Lipinski definition) is 2. The van der Waals surface area contributed by atoms with Gasteiger partial charge >= 0.3 is 0 Å². The van der Waals surface area contributed by atoms with E-state index in [4.69, 9.17) is 4.74 Å². The first-order valence-electron chi connectivity index (χ1n) is 7.55. The van der Waals surface area contributed by atoms with Gasteiger partial charge in [-0.15, -0.1) is 0 Å². The monoisotopic (exact) mass is 322 g/mol. The first kappa shape index (κ1) is 15.7. The van der Waals surface area contributed by atoms with Gasteiger partial charge < -0.3 is 15.4 Å². The van der Waals surface area contributed by atoms with Crippen LogP contribution in [0.15, 0.2) is 48.8 Å². The van der Waals surface area contributed by atoms with Gasteiger partial charge in [-0.05, 0) is 29.8 Å². The number of rotatable bonds is 5. The zero-order valence-electron chi connectivity index (χ0n) is 13.5. The Kier molecular flexibility index (Phi) is 4.56. The van der Waals surface area contributed by atoms with Crippen molar-refractivity contribution in [3.05, 3.63) is 54.4 Å². The van der Waals surface area contributed by atoms with E-state index in [9.17, 15) is 4.79 Å². The maximum Gasteiger partial charge on any atom is 0.217 e. The molecule has 24 heavy (non-hydrogen) atoms. The lowest BCUT2D eigenvalue weighted by Gasteiger charge is -2.11. The number of fused-ring (bicyclic) bond motifs is 1. The van der Waals surface area contributed by atoms with Crippen molar-refractivity contribution in [3.63, 3.8) is 0 Å². The summed E-state index contributed by atoms with van der Waals surface area (Å²) in [4.78, 5) is 19.6. The first-order valence-corrected chi connectivity index (χ1v) is 7.55. The van der Waals surface area contributed by atoms with Gasteiger partial charge in [0.05, 0.1) is 18.0 Å². The summed E-state index contributed by atoms with van der Waals surface area (Å²) in [5.41, 5.74) is 2.74. The SMILES string of the molecule is COc1cccc2ncnc(Nc3ccc(CNC(C)=O)cc3)c12. The number of ether oxygens (including phenoxy) is 1. The lowest BCUT2D eigenvalue weighted by Crippen LogP contribution is -2.18. The highest BCUT2D eigenvalue weighted by Gasteiger charge is 2.09. The van der Waals surface area contributed by atoms with E-state index in [2.05, 4.69) is 20.6 Å². The van der Waals surface area contributed by atoms with Crippen molar-refractivity contribution in [1.29, 1.82) is 0 Å². The second kappa shape index (κ2) is 6.95. The molecule has 0 aliphatic rings. The summed E-state index contributed by atoms with van der Waals surface area (Å²) in [6.07, 6.45) is 1.52. The minimum absolute atomic E-state index is 0.0447. The van der Waals surface area contributed by atoms with Crippen LogP contribution < -0.4 is 15.4 Å². The van der Waals surface area contributed by atoms with Crippen molar-refractivity contribution >= 4 is 28.3 Å². The fourth-order valence-electron chi connectivity index (χ4n) is 2.41. The molecule has 0 spiro atoms. The standard InChI is InChI=1S/C18H18N4O2/c1-12(23)19-10-13-6-8-14(9-7-13)22-18-17-15(20-11-21-18)4-3-5-16(17)24-2/h3-9,11H,10H2,1-2H3,(H,19,23)(H,20,21,22). The number of aromatic nitrogens is 2. The quantitative estimate of drug-likeness (QED) is 0.755. The molecule has 6 heteroatoms. The lowest BCUT2D eigenvalue weighted by atomic mass is 10.2. The molecule has 0 radical (unpaired) electrons. The normalized spacial score (nSPS) is 10.4. The number of hydrogen-bond acceptors (Lipinski definition) is 5. The van der Waals surface area contributed by atoms with Gasteiger partial charge in [-0.2, -0.15) is 0 Å². The van der Waals surface area contributed by atoms with E-state index < -0.39 is 0 Å². The van der Waals surface area contributed by atoms with Crippen molar-refractivity contribution in [2.24, 2.45) is 0 Å². The number of methoxy groups -OCH3 is 1. The van der Waals surface area contributed by atoms with Crippen molar-refractivity contribution in [1.82, 2.24) is 15.3 Å². The summed E-state index contributed by atoms with van der Waals surface area (Å²) in [5, 5.41) is 6.91. The highest BCUT2D eigenvalue weighted by Crippen LogP contribution is 2.31. The Morgan fingerprint density at radius 1 is 1.12 bits per heavy atom. The largest absolute Gasteiger partial charge is 0.496 e. The minimum atomic E-state index is -0.0447. The third kappa shape index (κ3) is 3.43. The molecule has 6 nitrogen and oxygen atoms in total. The van der Waals surface area contributed by atoms with Crippen LogP contribution in [-0.4, -0.2) is 23.0 Å². The molecule has 0 saturated carbocycles. The van der Waals surface area contributed by atoms with Gasteiger partial charge in [-0.3, -0.25) is 4.79 Å². The van der Waals surface area contributed by atoms with Gasteiger partial charge in [0, 0.05) is 19.2 Å². The topological polar surface area (TPSA) is 76.1 Å². The molecule has 0 atom stereocenters. The van der Waals surface area contributed by atoms with Gasteiger partial charge in [-0.1, -0.05) is 18.2 Å². The van der Waals surface area contributed by atoms with E-state index in [1.807, 2.05) is 42.5 Å². The van der Waals surface area contributed by atoms with Crippen molar-refractivity contribution in [2.45, 2.75) is 13.5 Å². The van der Waals surface area contributed by atoms with Crippen molar-refractivity contribution in [3.8, 4) is 5.75 Å². The number of nitrogens with one attached hydrogen (secondary N) is 2. The van der Waals surface area contributed by atoms with Gasteiger partial charge in [0.25, 0.3) is 0 Å². The summed E-state index contributed by atoms with van der Waals surface area (Å²) in [6, 6.07) is 13.5. The summed E-state index contributed by atoms with van der Waals surface area (Å²) in [5.74, 6) is 1.36. The first-order chi connectivity index (χ1) is 11.7. The molecule has 1 amide bonds. The summed E-state index contributed by atoms with van der Waals surface area (Å²) >= 11 is 0. The minimum Gasteiger partial charge on any atom is -0.496 e. The molecule has 3 aromatic rings. The van der Waals surface area contributed by atoms with Crippen LogP contribution in [0.5, 0.6) is 5.75 Å². The van der Waals surface area contributed by atoms with Crippen LogP contribution in [0, 0.1) is 0 Å². The zero-order valence-corrected chi connectivity index (χ0v) is 13.5. The highest BCUT2D eigenvalue weighted by atomic mass is 16.5. The van der Waals surface area contributed by atoms with Gasteiger partial charge in [0.2, 0.25) is 5.91 Å². The summed E-state index contributed by atoms with van der Waals surface area (Å²) in [6.45, 7) is 2.02. The van der Waals surface area contributed by atoms with E-state index >= 15 is 0 Å².